The molecule has 1 aliphatic rings. The Kier molecular flexibility index (Phi) is 4.28. The van der Waals surface area contributed by atoms with E-state index < -0.39 is 5.41 Å². The molecule has 3 N–H and O–H groups in total. The number of nitrogens with one attached hydrogen (secondary N) is 1. The number of ether oxygens (including phenoxy) is 1. The van der Waals surface area contributed by atoms with Gasteiger partial charge in [0.1, 0.15) is 0 Å². The average Bonchev–Trinajstić information content (AvgIpc) is 2.73. The van der Waals surface area contributed by atoms with Crippen LogP contribution in [0, 0.1) is 5.41 Å². The summed E-state index contributed by atoms with van der Waals surface area (Å²) in [5, 5.41) is 2.98. The van der Waals surface area contributed by atoms with Gasteiger partial charge in [-0.25, -0.2) is 0 Å². The van der Waals surface area contributed by atoms with E-state index in [1.54, 1.807) is 0 Å². The number of hydrogen-bond donors (Lipinski definition) is 2. The first-order valence-corrected chi connectivity index (χ1v) is 7.20. The molecule has 0 aliphatic carbocycles. The fraction of sp³-hybridized carbons (Fsp3) is 0.500. The van der Waals surface area contributed by atoms with Gasteiger partial charge in [0.15, 0.2) is 0 Å². The van der Waals surface area contributed by atoms with Crippen molar-refractivity contribution >= 4 is 27.5 Å². The van der Waals surface area contributed by atoms with Gasteiger partial charge in [-0.2, -0.15) is 0 Å². The van der Waals surface area contributed by atoms with Gasteiger partial charge >= 0.3 is 0 Å². The van der Waals surface area contributed by atoms with E-state index >= 15 is 0 Å². The van der Waals surface area contributed by atoms with Crippen molar-refractivity contribution in [1.29, 1.82) is 0 Å². The highest BCUT2D eigenvalue weighted by molar-refractivity contribution is 9.10. The van der Waals surface area contributed by atoms with Gasteiger partial charge in [-0.05, 0) is 37.1 Å². The second-order valence-electron chi connectivity index (χ2n) is 5.15. The van der Waals surface area contributed by atoms with Gasteiger partial charge in [-0.3, -0.25) is 4.79 Å². The number of rotatable bonds is 3. The highest BCUT2D eigenvalue weighted by Gasteiger charge is 2.44. The minimum Gasteiger partial charge on any atom is -0.379 e. The van der Waals surface area contributed by atoms with Crippen molar-refractivity contribution in [3.8, 4) is 0 Å². The number of amides is 1. The molecular formula is C14H19BrN2O2. The summed E-state index contributed by atoms with van der Waals surface area (Å²) in [4.78, 5) is 12.4. The van der Waals surface area contributed by atoms with Crippen LogP contribution in [0.4, 0.5) is 5.69 Å². The lowest BCUT2D eigenvalue weighted by molar-refractivity contribution is -0.125. The van der Waals surface area contributed by atoms with Gasteiger partial charge in [-0.15, -0.1) is 0 Å². The molecule has 1 heterocycles. The maximum Gasteiger partial charge on any atom is 0.234 e. The topological polar surface area (TPSA) is 64.3 Å². The number of halogens is 1. The van der Waals surface area contributed by atoms with E-state index in [1.807, 2.05) is 25.1 Å². The van der Waals surface area contributed by atoms with Crippen molar-refractivity contribution in [3.63, 3.8) is 0 Å². The van der Waals surface area contributed by atoms with Crippen LogP contribution >= 0.6 is 15.9 Å². The van der Waals surface area contributed by atoms with Gasteiger partial charge in [0.05, 0.1) is 18.6 Å². The lowest BCUT2D eigenvalue weighted by Crippen LogP contribution is -2.47. The van der Waals surface area contributed by atoms with Gasteiger partial charge in [0, 0.05) is 16.2 Å². The van der Waals surface area contributed by atoms with Gasteiger partial charge in [-0.1, -0.05) is 22.9 Å². The quantitative estimate of drug-likeness (QED) is 0.895. The summed E-state index contributed by atoms with van der Waals surface area (Å²) >= 11 is 3.44. The number of carbonyl (C=O) groups is 1. The van der Waals surface area contributed by atoms with Crippen LogP contribution in [-0.4, -0.2) is 25.2 Å². The van der Waals surface area contributed by atoms with Crippen LogP contribution in [0.3, 0.4) is 0 Å². The summed E-state index contributed by atoms with van der Waals surface area (Å²) in [6, 6.07) is 5.59. The van der Waals surface area contributed by atoms with E-state index in [0.717, 1.165) is 22.1 Å². The molecule has 1 aromatic carbocycles. The summed E-state index contributed by atoms with van der Waals surface area (Å²) in [5.74, 6) is -0.0745. The van der Waals surface area contributed by atoms with Crippen LogP contribution in [0.1, 0.15) is 19.4 Å². The summed E-state index contributed by atoms with van der Waals surface area (Å²) in [5.41, 5.74) is 7.25. The Labute approximate surface area is 121 Å². The Balaban J connectivity index is 2.19. The molecule has 0 saturated carbocycles. The molecule has 1 amide bonds. The molecule has 19 heavy (non-hydrogen) atoms. The van der Waals surface area contributed by atoms with Crippen molar-refractivity contribution in [3.05, 3.63) is 28.2 Å². The predicted octanol–water partition coefficient (Wildman–Crippen LogP) is 2.31. The standard InChI is InChI=1S/C14H19BrN2O2/c1-3-9-6-10(15)4-5-11(9)17-13(18)14(2)8-19-7-12(14)16/h4-6,12H,3,7-8,16H2,1-2H3,(H,17,18). The predicted molar refractivity (Wildman–Crippen MR) is 79.1 cm³/mol. The lowest BCUT2D eigenvalue weighted by atomic mass is 9.84. The van der Waals surface area contributed by atoms with Crippen molar-refractivity contribution in [2.75, 3.05) is 18.5 Å². The lowest BCUT2D eigenvalue weighted by Gasteiger charge is -2.26. The summed E-state index contributed by atoms with van der Waals surface area (Å²) in [7, 11) is 0. The first kappa shape index (κ1) is 14.5. The van der Waals surface area contributed by atoms with Crippen LogP contribution in [0.5, 0.6) is 0 Å². The smallest absolute Gasteiger partial charge is 0.234 e. The highest BCUT2D eigenvalue weighted by Crippen LogP contribution is 2.30. The van der Waals surface area contributed by atoms with Crippen LogP contribution in [0.25, 0.3) is 0 Å². The Bertz CT molecular complexity index is 492. The third-order valence-electron chi connectivity index (χ3n) is 3.73. The second-order valence-corrected chi connectivity index (χ2v) is 6.06. The largest absolute Gasteiger partial charge is 0.379 e. The molecule has 5 heteroatoms. The molecule has 1 fully saturated rings. The number of benzene rings is 1. The summed E-state index contributed by atoms with van der Waals surface area (Å²) in [6.45, 7) is 4.72. The van der Waals surface area contributed by atoms with E-state index in [-0.39, 0.29) is 11.9 Å². The van der Waals surface area contributed by atoms with E-state index in [4.69, 9.17) is 10.5 Å². The third kappa shape index (κ3) is 2.83. The van der Waals surface area contributed by atoms with E-state index in [1.165, 1.54) is 0 Å². The Morgan fingerprint density at radius 1 is 1.63 bits per heavy atom. The van der Waals surface area contributed by atoms with Gasteiger partial charge in [0.25, 0.3) is 0 Å². The molecule has 1 aliphatic heterocycles. The molecule has 1 saturated heterocycles. The monoisotopic (exact) mass is 326 g/mol. The molecule has 2 atom stereocenters. The molecule has 2 unspecified atom stereocenters. The van der Waals surface area contributed by atoms with Gasteiger partial charge < -0.3 is 15.8 Å². The van der Waals surface area contributed by atoms with Crippen molar-refractivity contribution in [2.45, 2.75) is 26.3 Å². The molecular weight excluding hydrogens is 308 g/mol. The zero-order valence-electron chi connectivity index (χ0n) is 11.2. The third-order valence-corrected chi connectivity index (χ3v) is 4.23. The van der Waals surface area contributed by atoms with E-state index in [9.17, 15) is 4.79 Å². The van der Waals surface area contributed by atoms with Crippen molar-refractivity contribution in [2.24, 2.45) is 11.1 Å². The zero-order chi connectivity index (χ0) is 14.0. The first-order valence-electron chi connectivity index (χ1n) is 6.40. The first-order chi connectivity index (χ1) is 8.97. The molecule has 1 aromatic rings. The number of carbonyl (C=O) groups excluding carboxylic acids is 1. The minimum atomic E-state index is -0.655. The Morgan fingerprint density at radius 2 is 2.37 bits per heavy atom. The SMILES string of the molecule is CCc1cc(Br)ccc1NC(=O)C1(C)COCC1N. The molecule has 0 bridgehead atoms. The van der Waals surface area contributed by atoms with Crippen LogP contribution in [0.2, 0.25) is 0 Å². The Morgan fingerprint density at radius 3 is 2.95 bits per heavy atom. The van der Waals surface area contributed by atoms with Crippen LogP contribution < -0.4 is 11.1 Å². The normalized spacial score (nSPS) is 26.4. The fourth-order valence-corrected chi connectivity index (χ4v) is 2.57. The number of hydrogen-bond acceptors (Lipinski definition) is 3. The Hall–Kier alpha value is -0.910. The maximum absolute atomic E-state index is 12.4. The molecule has 0 spiro atoms. The molecule has 4 nitrogen and oxygen atoms in total. The highest BCUT2D eigenvalue weighted by atomic mass is 79.9. The number of anilines is 1. The van der Waals surface area contributed by atoms with Gasteiger partial charge in [0.2, 0.25) is 5.91 Å². The molecule has 2 rings (SSSR count). The molecule has 104 valence electrons. The summed E-state index contributed by atoms with van der Waals surface area (Å²) in [6.07, 6.45) is 0.855. The van der Waals surface area contributed by atoms with E-state index in [2.05, 4.69) is 28.2 Å². The number of aryl methyl sites for hydroxylation is 1. The van der Waals surface area contributed by atoms with Crippen LogP contribution in [0.15, 0.2) is 22.7 Å². The van der Waals surface area contributed by atoms with Crippen LogP contribution in [-0.2, 0) is 16.0 Å². The number of nitrogens with two attached hydrogens (primary N) is 1. The maximum atomic E-state index is 12.4. The fourth-order valence-electron chi connectivity index (χ4n) is 2.16. The zero-order valence-corrected chi connectivity index (χ0v) is 12.8. The molecule has 0 aromatic heterocycles. The van der Waals surface area contributed by atoms with Crippen molar-refractivity contribution < 1.29 is 9.53 Å². The summed E-state index contributed by atoms with van der Waals surface area (Å²) < 4.78 is 6.32. The average molecular weight is 327 g/mol. The van der Waals surface area contributed by atoms with Crippen molar-refractivity contribution in [1.82, 2.24) is 0 Å². The minimum absolute atomic E-state index is 0.0745. The second kappa shape index (κ2) is 5.61. The van der Waals surface area contributed by atoms with E-state index in [0.29, 0.717) is 13.2 Å². The molecule has 0 radical (unpaired) electrons.